The largest absolute Gasteiger partial charge is 0.444 e. The Labute approximate surface area is 197 Å². The first-order valence-electron chi connectivity index (χ1n) is 11.2. The van der Waals surface area contributed by atoms with Crippen molar-refractivity contribution >= 4 is 38.2 Å². The molecule has 3 heterocycles. The minimum absolute atomic E-state index is 0.0149. The minimum Gasteiger partial charge on any atom is -0.444 e. The van der Waals surface area contributed by atoms with E-state index in [0.29, 0.717) is 16.6 Å². The van der Waals surface area contributed by atoms with Crippen LogP contribution in [0.1, 0.15) is 45.2 Å². The van der Waals surface area contributed by atoms with E-state index in [4.69, 9.17) is 4.74 Å². The van der Waals surface area contributed by atoms with Gasteiger partial charge in [0.1, 0.15) is 11.1 Å². The molecule has 1 saturated carbocycles. The van der Waals surface area contributed by atoms with Gasteiger partial charge in [-0.15, -0.1) is 0 Å². The van der Waals surface area contributed by atoms with Gasteiger partial charge < -0.3 is 14.6 Å². The Hall–Kier alpha value is -3.40. The van der Waals surface area contributed by atoms with Crippen LogP contribution in [0.3, 0.4) is 0 Å². The number of hydrogen-bond acceptors (Lipinski definition) is 6. The molecule has 9 nitrogen and oxygen atoms in total. The van der Waals surface area contributed by atoms with E-state index in [1.807, 2.05) is 27.7 Å². The van der Waals surface area contributed by atoms with E-state index in [1.165, 1.54) is 10.2 Å². The highest BCUT2D eigenvalue weighted by atomic mass is 32.2. The average Bonchev–Trinajstić information content (AvgIpc) is 3.33. The van der Waals surface area contributed by atoms with E-state index in [1.54, 1.807) is 42.9 Å². The van der Waals surface area contributed by atoms with E-state index in [0.717, 1.165) is 23.9 Å². The molecule has 0 aliphatic heterocycles. The summed E-state index contributed by atoms with van der Waals surface area (Å²) in [6.07, 6.45) is 5.94. The molecule has 178 valence electrons. The molecule has 1 amide bonds. The highest BCUT2D eigenvalue weighted by Crippen LogP contribution is 2.37. The summed E-state index contributed by atoms with van der Waals surface area (Å²) >= 11 is 0. The number of carbonyl (C=O) groups is 1. The molecule has 0 spiro atoms. The molecular weight excluding hydrogens is 454 g/mol. The van der Waals surface area contributed by atoms with Crippen LogP contribution in [0, 0.1) is 6.92 Å². The lowest BCUT2D eigenvalue weighted by atomic mass is 9.86. The summed E-state index contributed by atoms with van der Waals surface area (Å²) in [5.41, 5.74) is 2.33. The van der Waals surface area contributed by atoms with Crippen molar-refractivity contribution in [3.05, 3.63) is 54.6 Å². The van der Waals surface area contributed by atoms with Crippen LogP contribution in [0.25, 0.3) is 22.1 Å². The van der Waals surface area contributed by atoms with Crippen molar-refractivity contribution in [1.29, 1.82) is 0 Å². The molecule has 0 bridgehead atoms. The number of ether oxygens (including phenoxy) is 1. The number of rotatable bonds is 4. The maximum Gasteiger partial charge on any atom is 0.407 e. The number of carbonyl (C=O) groups excluding carboxylic acids is 1. The van der Waals surface area contributed by atoms with Gasteiger partial charge in [0, 0.05) is 23.7 Å². The fraction of sp³-hybridized carbons (Fsp3) is 0.375. The third-order valence-electron chi connectivity index (χ3n) is 6.02. The van der Waals surface area contributed by atoms with Crippen LogP contribution >= 0.6 is 0 Å². The molecule has 0 unspecified atom stereocenters. The number of benzene rings is 1. The van der Waals surface area contributed by atoms with Gasteiger partial charge in [-0.25, -0.2) is 27.2 Å². The Morgan fingerprint density at radius 3 is 2.50 bits per heavy atom. The predicted octanol–water partition coefficient (Wildman–Crippen LogP) is 4.16. The lowest BCUT2D eigenvalue weighted by Crippen LogP contribution is -2.46. The smallest absolute Gasteiger partial charge is 0.407 e. The summed E-state index contributed by atoms with van der Waals surface area (Å²) in [6.45, 7) is 7.41. The summed E-state index contributed by atoms with van der Waals surface area (Å²) in [5, 5.41) is 3.62. The maximum atomic E-state index is 13.3. The van der Waals surface area contributed by atoms with Crippen molar-refractivity contribution in [2.24, 2.45) is 0 Å². The molecule has 1 N–H and O–H groups in total. The van der Waals surface area contributed by atoms with Crippen molar-refractivity contribution in [1.82, 2.24) is 23.8 Å². The van der Waals surface area contributed by atoms with Gasteiger partial charge in [0.25, 0.3) is 10.0 Å². The normalized spacial score (nSPS) is 18.7. The number of aryl methyl sites for hydroxylation is 1. The highest BCUT2D eigenvalue weighted by molar-refractivity contribution is 7.90. The summed E-state index contributed by atoms with van der Waals surface area (Å²) in [5.74, 6) is 0. The second kappa shape index (κ2) is 7.83. The molecule has 34 heavy (non-hydrogen) atoms. The quantitative estimate of drug-likeness (QED) is 0.469. The van der Waals surface area contributed by atoms with Gasteiger partial charge in [0.15, 0.2) is 5.65 Å². The molecule has 0 saturated heterocycles. The van der Waals surface area contributed by atoms with Crippen molar-refractivity contribution < 1.29 is 17.9 Å². The van der Waals surface area contributed by atoms with Crippen molar-refractivity contribution in [3.63, 3.8) is 0 Å². The molecule has 1 aliphatic rings. The van der Waals surface area contributed by atoms with Crippen LogP contribution in [0.15, 0.2) is 53.9 Å². The molecule has 0 radical (unpaired) electrons. The van der Waals surface area contributed by atoms with Crippen LogP contribution in [0.5, 0.6) is 0 Å². The number of nitrogens with one attached hydrogen (secondary N) is 1. The molecule has 3 aromatic heterocycles. The summed E-state index contributed by atoms with van der Waals surface area (Å²) in [7, 11) is -3.79. The Balaban J connectivity index is 1.44. The molecule has 1 aliphatic carbocycles. The third-order valence-corrected chi connectivity index (χ3v) is 7.70. The second-order valence-electron chi connectivity index (χ2n) is 9.78. The van der Waals surface area contributed by atoms with Gasteiger partial charge in [-0.1, -0.05) is 17.7 Å². The number of amides is 1. The van der Waals surface area contributed by atoms with E-state index in [-0.39, 0.29) is 17.0 Å². The van der Waals surface area contributed by atoms with Crippen molar-refractivity contribution in [2.75, 3.05) is 0 Å². The predicted molar refractivity (Wildman–Crippen MR) is 128 cm³/mol. The minimum atomic E-state index is -3.79. The molecule has 5 rings (SSSR count). The average molecular weight is 482 g/mol. The number of nitrogens with zero attached hydrogens (tertiary/aromatic N) is 4. The molecule has 1 fully saturated rings. The van der Waals surface area contributed by atoms with Crippen molar-refractivity contribution in [2.45, 2.75) is 63.1 Å². The van der Waals surface area contributed by atoms with E-state index < -0.39 is 21.7 Å². The van der Waals surface area contributed by atoms with Gasteiger partial charge in [-0.2, -0.15) is 0 Å². The number of pyridine rings is 1. The molecular formula is C24H27N5O4S. The van der Waals surface area contributed by atoms with Crippen LogP contribution in [0.4, 0.5) is 4.79 Å². The first-order chi connectivity index (χ1) is 16.0. The number of fused-ring (bicyclic) bond motifs is 3. The fourth-order valence-corrected chi connectivity index (χ4v) is 5.59. The Bertz CT molecular complexity index is 1490. The highest BCUT2D eigenvalue weighted by Gasteiger charge is 2.34. The summed E-state index contributed by atoms with van der Waals surface area (Å²) in [6, 6.07) is 8.67. The zero-order valence-electron chi connectivity index (χ0n) is 19.5. The number of imidazole rings is 1. The Morgan fingerprint density at radius 2 is 1.82 bits per heavy atom. The first kappa shape index (κ1) is 22.4. The molecule has 10 heteroatoms. The van der Waals surface area contributed by atoms with Gasteiger partial charge in [-0.05, 0) is 58.7 Å². The van der Waals surface area contributed by atoms with Crippen LogP contribution in [-0.4, -0.2) is 44.7 Å². The zero-order chi connectivity index (χ0) is 24.3. The number of aromatic nitrogens is 4. The van der Waals surface area contributed by atoms with Crippen LogP contribution < -0.4 is 5.32 Å². The van der Waals surface area contributed by atoms with Crippen LogP contribution in [0.2, 0.25) is 0 Å². The lowest BCUT2D eigenvalue weighted by Gasteiger charge is -2.37. The maximum absolute atomic E-state index is 13.3. The third kappa shape index (κ3) is 3.91. The summed E-state index contributed by atoms with van der Waals surface area (Å²) in [4.78, 5) is 21.2. The van der Waals surface area contributed by atoms with E-state index in [2.05, 4.69) is 19.9 Å². The van der Waals surface area contributed by atoms with Gasteiger partial charge in [-0.3, -0.25) is 0 Å². The molecule has 0 atom stereocenters. The van der Waals surface area contributed by atoms with E-state index >= 15 is 0 Å². The Kier molecular flexibility index (Phi) is 5.16. The fourth-order valence-electron chi connectivity index (χ4n) is 4.29. The van der Waals surface area contributed by atoms with Gasteiger partial charge in [0.2, 0.25) is 0 Å². The van der Waals surface area contributed by atoms with E-state index in [9.17, 15) is 13.2 Å². The lowest BCUT2D eigenvalue weighted by molar-refractivity contribution is 0.0457. The van der Waals surface area contributed by atoms with Gasteiger partial charge in [0.05, 0.1) is 22.9 Å². The first-order valence-corrected chi connectivity index (χ1v) is 12.6. The van der Waals surface area contributed by atoms with Crippen LogP contribution in [-0.2, 0) is 14.8 Å². The zero-order valence-corrected chi connectivity index (χ0v) is 20.3. The number of alkyl carbamates (subject to hydrolysis) is 1. The monoisotopic (exact) mass is 481 g/mol. The number of hydrogen-bond donors (Lipinski definition) is 1. The molecule has 4 aromatic rings. The molecule has 1 aromatic carbocycles. The Morgan fingerprint density at radius 1 is 1.12 bits per heavy atom. The topological polar surface area (TPSA) is 108 Å². The SMILES string of the molecule is Cc1ccc(S(=O)(=O)n2ccc3c2ncc2ncn([C@H]4C[C@H](NC(=O)OC(C)(C)C)C4)c23)cc1. The summed E-state index contributed by atoms with van der Waals surface area (Å²) < 4.78 is 35.2. The second-order valence-corrected chi connectivity index (χ2v) is 11.6. The van der Waals surface area contributed by atoms with Gasteiger partial charge >= 0.3 is 6.09 Å². The van der Waals surface area contributed by atoms with Crippen molar-refractivity contribution in [3.8, 4) is 0 Å². The standard InChI is InChI=1S/C24H27N5O4S/c1-15-5-7-18(8-6-15)34(31,32)29-10-9-19-21-20(13-25-22(19)29)26-14-28(21)17-11-16(12-17)27-23(30)33-24(2,3)4/h5-10,13-14,16-17H,11-12H2,1-4H3,(H,27,30)/t16-,17-.